The van der Waals surface area contributed by atoms with Crippen LogP contribution < -0.4 is 5.32 Å². The molecule has 0 spiro atoms. The molecule has 0 fully saturated rings. The summed E-state index contributed by atoms with van der Waals surface area (Å²) in [6.45, 7) is 4.29. The lowest BCUT2D eigenvalue weighted by Crippen LogP contribution is -2.30. The lowest BCUT2D eigenvalue weighted by atomic mass is 10.0. The normalized spacial score (nSPS) is 14.0. The third-order valence-electron chi connectivity index (χ3n) is 3.43. The molecule has 112 valence electrons. The number of nitrogens with one attached hydrogen (secondary N) is 1. The summed E-state index contributed by atoms with van der Waals surface area (Å²) in [7, 11) is 0. The quantitative estimate of drug-likeness (QED) is 0.710. The Labute approximate surface area is 141 Å². The molecule has 1 N–H and O–H groups in total. The van der Waals surface area contributed by atoms with Crippen LogP contribution in [0.3, 0.4) is 0 Å². The predicted molar refractivity (Wildman–Crippen MR) is 92.6 cm³/mol. The van der Waals surface area contributed by atoms with Gasteiger partial charge in [0.15, 0.2) is 0 Å². The van der Waals surface area contributed by atoms with E-state index < -0.39 is 0 Å². The number of rotatable bonds is 5. The van der Waals surface area contributed by atoms with Gasteiger partial charge in [-0.3, -0.25) is 0 Å². The summed E-state index contributed by atoms with van der Waals surface area (Å²) in [6, 6.07) is 14.3. The van der Waals surface area contributed by atoms with Crippen molar-refractivity contribution in [3.05, 3.63) is 68.7 Å². The van der Waals surface area contributed by atoms with Crippen molar-refractivity contribution < 1.29 is 0 Å². The van der Waals surface area contributed by atoms with Crippen LogP contribution in [0, 0.1) is 0 Å². The molecule has 0 radical (unpaired) electrons. The average molecular weight is 343 g/mol. The summed E-state index contributed by atoms with van der Waals surface area (Å²) in [6.07, 6.45) is 0.947. The van der Waals surface area contributed by atoms with E-state index in [0.717, 1.165) is 17.0 Å². The molecule has 2 atom stereocenters. The van der Waals surface area contributed by atoms with Gasteiger partial charge in [0.1, 0.15) is 0 Å². The Hall–Kier alpha value is -0.730. The first-order valence-corrected chi connectivity index (χ1v) is 8.04. The molecule has 2 rings (SSSR count). The summed E-state index contributed by atoms with van der Waals surface area (Å²) in [5.41, 5.74) is 2.40. The van der Waals surface area contributed by atoms with Crippen LogP contribution in [-0.4, -0.2) is 6.04 Å². The fraction of sp³-hybridized carbons (Fsp3) is 0.294. The summed E-state index contributed by atoms with van der Waals surface area (Å²) in [5, 5.41) is 5.51. The molecule has 2 unspecified atom stereocenters. The summed E-state index contributed by atoms with van der Waals surface area (Å²) < 4.78 is 0. The third-order valence-corrected chi connectivity index (χ3v) is 4.42. The van der Waals surface area contributed by atoms with Crippen LogP contribution >= 0.6 is 34.8 Å². The van der Waals surface area contributed by atoms with E-state index in [1.54, 1.807) is 0 Å². The van der Waals surface area contributed by atoms with Crippen LogP contribution in [0.5, 0.6) is 0 Å². The second kappa shape index (κ2) is 7.51. The van der Waals surface area contributed by atoms with Gasteiger partial charge < -0.3 is 5.32 Å². The number of hydrogen-bond donors (Lipinski definition) is 1. The van der Waals surface area contributed by atoms with Crippen molar-refractivity contribution in [2.45, 2.75) is 32.4 Å². The zero-order valence-corrected chi connectivity index (χ0v) is 14.3. The van der Waals surface area contributed by atoms with Gasteiger partial charge in [0.05, 0.1) is 10.0 Å². The first kappa shape index (κ1) is 16.6. The van der Waals surface area contributed by atoms with Crippen molar-refractivity contribution >= 4 is 34.8 Å². The van der Waals surface area contributed by atoms with E-state index in [9.17, 15) is 0 Å². The Morgan fingerprint density at radius 1 is 0.905 bits per heavy atom. The van der Waals surface area contributed by atoms with Crippen LogP contribution in [0.25, 0.3) is 0 Å². The van der Waals surface area contributed by atoms with Gasteiger partial charge in [-0.05, 0) is 55.7 Å². The number of halogens is 3. The molecule has 0 aliphatic carbocycles. The molecular formula is C17H18Cl3N. The minimum absolute atomic E-state index is 0.210. The van der Waals surface area contributed by atoms with Gasteiger partial charge in [-0.2, -0.15) is 0 Å². The van der Waals surface area contributed by atoms with E-state index in [-0.39, 0.29) is 6.04 Å². The van der Waals surface area contributed by atoms with Crippen molar-refractivity contribution in [3.8, 4) is 0 Å². The summed E-state index contributed by atoms with van der Waals surface area (Å²) >= 11 is 17.9. The topological polar surface area (TPSA) is 12.0 Å². The molecule has 0 aromatic heterocycles. The van der Waals surface area contributed by atoms with Crippen molar-refractivity contribution in [3.63, 3.8) is 0 Å². The molecule has 1 nitrogen and oxygen atoms in total. The smallest absolute Gasteiger partial charge is 0.0595 e. The summed E-state index contributed by atoms with van der Waals surface area (Å²) in [5.74, 6) is 0. The number of hydrogen-bond acceptors (Lipinski definition) is 1. The fourth-order valence-electron chi connectivity index (χ4n) is 2.34. The molecular weight excluding hydrogens is 325 g/mol. The highest BCUT2D eigenvalue weighted by Gasteiger charge is 2.11. The van der Waals surface area contributed by atoms with Gasteiger partial charge in [0.2, 0.25) is 0 Å². The van der Waals surface area contributed by atoms with Crippen LogP contribution in [0.15, 0.2) is 42.5 Å². The third kappa shape index (κ3) is 4.89. The molecule has 2 aromatic carbocycles. The lowest BCUT2D eigenvalue weighted by Gasteiger charge is -2.21. The highest BCUT2D eigenvalue weighted by Crippen LogP contribution is 2.25. The molecule has 4 heteroatoms. The molecule has 0 bridgehead atoms. The monoisotopic (exact) mass is 341 g/mol. The Kier molecular flexibility index (Phi) is 5.95. The molecule has 0 aliphatic rings. The standard InChI is InChI=1S/C17H18Cl3N/c1-11(9-13-3-6-15(18)7-4-13)21-12(2)14-5-8-16(19)17(20)10-14/h3-8,10-12,21H,9H2,1-2H3. The van der Waals surface area contributed by atoms with Crippen molar-refractivity contribution in [1.29, 1.82) is 0 Å². The van der Waals surface area contributed by atoms with Crippen molar-refractivity contribution in [2.24, 2.45) is 0 Å². The van der Waals surface area contributed by atoms with Gasteiger partial charge in [-0.15, -0.1) is 0 Å². The molecule has 0 amide bonds. The summed E-state index contributed by atoms with van der Waals surface area (Å²) in [4.78, 5) is 0. The predicted octanol–water partition coefficient (Wildman–Crippen LogP) is 5.93. The zero-order valence-electron chi connectivity index (χ0n) is 12.0. The van der Waals surface area contributed by atoms with Crippen molar-refractivity contribution in [1.82, 2.24) is 5.32 Å². The van der Waals surface area contributed by atoms with E-state index in [1.807, 2.05) is 30.3 Å². The first-order valence-electron chi connectivity index (χ1n) is 6.91. The SMILES string of the molecule is CC(Cc1ccc(Cl)cc1)NC(C)c1ccc(Cl)c(Cl)c1. The Bertz CT molecular complexity index is 595. The van der Waals surface area contributed by atoms with Crippen LogP contribution in [0.2, 0.25) is 15.1 Å². The van der Waals surface area contributed by atoms with E-state index in [0.29, 0.717) is 16.1 Å². The molecule has 0 saturated heterocycles. The highest BCUT2D eigenvalue weighted by molar-refractivity contribution is 6.42. The molecule has 2 aromatic rings. The van der Waals surface area contributed by atoms with E-state index in [2.05, 4.69) is 31.3 Å². The minimum Gasteiger partial charge on any atom is -0.307 e. The molecule has 0 heterocycles. The van der Waals surface area contributed by atoms with E-state index in [1.165, 1.54) is 5.56 Å². The van der Waals surface area contributed by atoms with Crippen LogP contribution in [-0.2, 0) is 6.42 Å². The lowest BCUT2D eigenvalue weighted by molar-refractivity contribution is 0.477. The maximum Gasteiger partial charge on any atom is 0.0595 e. The van der Waals surface area contributed by atoms with E-state index in [4.69, 9.17) is 34.8 Å². The molecule has 21 heavy (non-hydrogen) atoms. The van der Waals surface area contributed by atoms with Crippen LogP contribution in [0.1, 0.15) is 31.0 Å². The average Bonchev–Trinajstić information content (AvgIpc) is 2.44. The van der Waals surface area contributed by atoms with Gasteiger partial charge in [-0.1, -0.05) is 53.0 Å². The Morgan fingerprint density at radius 3 is 2.19 bits per heavy atom. The zero-order chi connectivity index (χ0) is 15.4. The highest BCUT2D eigenvalue weighted by atomic mass is 35.5. The van der Waals surface area contributed by atoms with Gasteiger partial charge >= 0.3 is 0 Å². The number of benzene rings is 2. The second-order valence-corrected chi connectivity index (χ2v) is 6.54. The second-order valence-electron chi connectivity index (χ2n) is 5.29. The molecule has 0 saturated carbocycles. The first-order chi connectivity index (χ1) is 9.95. The maximum absolute atomic E-state index is 6.07. The van der Waals surface area contributed by atoms with Gasteiger partial charge in [0, 0.05) is 17.1 Å². The van der Waals surface area contributed by atoms with Crippen LogP contribution in [0.4, 0.5) is 0 Å². The largest absolute Gasteiger partial charge is 0.307 e. The van der Waals surface area contributed by atoms with E-state index >= 15 is 0 Å². The molecule has 0 aliphatic heterocycles. The fourth-order valence-corrected chi connectivity index (χ4v) is 2.77. The van der Waals surface area contributed by atoms with Crippen molar-refractivity contribution in [2.75, 3.05) is 0 Å². The Balaban J connectivity index is 1.96. The van der Waals surface area contributed by atoms with Gasteiger partial charge in [0.25, 0.3) is 0 Å². The van der Waals surface area contributed by atoms with Gasteiger partial charge in [-0.25, -0.2) is 0 Å². The maximum atomic E-state index is 6.07. The Morgan fingerprint density at radius 2 is 1.57 bits per heavy atom. The minimum atomic E-state index is 0.210.